The van der Waals surface area contributed by atoms with E-state index in [9.17, 15) is 0 Å². The largest absolute Gasteiger partial charge is 0.309 e. The minimum atomic E-state index is 0.528. The Morgan fingerprint density at radius 1 is 1.11 bits per heavy atom. The van der Waals surface area contributed by atoms with Crippen LogP contribution in [0, 0.1) is 5.41 Å². The Labute approximate surface area is 118 Å². The molecule has 1 aromatic rings. The van der Waals surface area contributed by atoms with Crippen molar-refractivity contribution >= 4 is 0 Å². The summed E-state index contributed by atoms with van der Waals surface area (Å²) in [7, 11) is 0. The van der Waals surface area contributed by atoms with Gasteiger partial charge in [-0.25, -0.2) is 0 Å². The molecule has 1 aromatic carbocycles. The first kappa shape index (κ1) is 14.6. The second kappa shape index (κ2) is 6.56. The summed E-state index contributed by atoms with van der Waals surface area (Å²) in [5, 5.41) is 3.81. The fraction of sp³-hybridized carbons (Fsp3) is 0.667. The minimum absolute atomic E-state index is 0.528. The van der Waals surface area contributed by atoms with Gasteiger partial charge in [0.1, 0.15) is 0 Å². The number of rotatable bonds is 8. The van der Waals surface area contributed by atoms with E-state index in [2.05, 4.69) is 50.4 Å². The fourth-order valence-electron chi connectivity index (χ4n) is 3.05. The number of hydrogen-bond acceptors (Lipinski definition) is 1. The van der Waals surface area contributed by atoms with Gasteiger partial charge in [0.15, 0.2) is 0 Å². The third kappa shape index (κ3) is 3.82. The van der Waals surface area contributed by atoms with Crippen molar-refractivity contribution in [2.24, 2.45) is 5.41 Å². The molecule has 0 aliphatic heterocycles. The molecule has 1 heteroatoms. The standard InChI is InChI=1S/C18H29N/c1-4-11-18(12-13-18)14-19-17(6-3)16-9-7-15(5-2)8-10-16/h7-10,17,19H,4-6,11-14H2,1-3H3. The van der Waals surface area contributed by atoms with Crippen LogP contribution in [0.25, 0.3) is 0 Å². The van der Waals surface area contributed by atoms with E-state index in [4.69, 9.17) is 0 Å². The quantitative estimate of drug-likeness (QED) is 0.702. The molecule has 0 amide bonds. The second-order valence-electron chi connectivity index (χ2n) is 6.19. The summed E-state index contributed by atoms with van der Waals surface area (Å²) in [5.41, 5.74) is 3.53. The summed E-state index contributed by atoms with van der Waals surface area (Å²) < 4.78 is 0. The van der Waals surface area contributed by atoms with Gasteiger partial charge in [-0.05, 0) is 48.6 Å². The molecular formula is C18H29N. The molecular weight excluding hydrogens is 230 g/mol. The Kier molecular flexibility index (Phi) is 5.04. The molecule has 1 unspecified atom stereocenters. The number of hydrogen-bond donors (Lipinski definition) is 1. The van der Waals surface area contributed by atoms with Gasteiger partial charge in [-0.1, -0.05) is 51.5 Å². The van der Waals surface area contributed by atoms with Gasteiger partial charge in [0.25, 0.3) is 0 Å². The lowest BCUT2D eigenvalue weighted by molar-refractivity contribution is 0.384. The van der Waals surface area contributed by atoms with Crippen molar-refractivity contribution in [3.8, 4) is 0 Å². The Morgan fingerprint density at radius 3 is 2.26 bits per heavy atom. The van der Waals surface area contributed by atoms with Crippen molar-refractivity contribution in [2.45, 2.75) is 65.3 Å². The van der Waals surface area contributed by atoms with Crippen molar-refractivity contribution in [1.82, 2.24) is 5.32 Å². The first-order valence-electron chi connectivity index (χ1n) is 8.05. The SMILES string of the molecule is CCCC1(CNC(CC)c2ccc(CC)cc2)CC1. The Balaban J connectivity index is 1.92. The topological polar surface area (TPSA) is 12.0 Å². The van der Waals surface area contributed by atoms with Crippen LogP contribution in [-0.2, 0) is 6.42 Å². The lowest BCUT2D eigenvalue weighted by Crippen LogP contribution is -2.28. The lowest BCUT2D eigenvalue weighted by atomic mass is 9.98. The molecule has 1 saturated carbocycles. The zero-order chi connectivity index (χ0) is 13.7. The molecule has 0 bridgehead atoms. The highest BCUT2D eigenvalue weighted by Gasteiger charge is 2.41. The van der Waals surface area contributed by atoms with Crippen LogP contribution in [0.4, 0.5) is 0 Å². The average molecular weight is 259 g/mol. The van der Waals surface area contributed by atoms with Crippen molar-refractivity contribution in [1.29, 1.82) is 0 Å². The van der Waals surface area contributed by atoms with Crippen molar-refractivity contribution in [3.63, 3.8) is 0 Å². The maximum Gasteiger partial charge on any atom is 0.0317 e. The highest BCUT2D eigenvalue weighted by Crippen LogP contribution is 2.49. The van der Waals surface area contributed by atoms with Crippen LogP contribution >= 0.6 is 0 Å². The van der Waals surface area contributed by atoms with E-state index >= 15 is 0 Å². The first-order valence-corrected chi connectivity index (χ1v) is 8.05. The Bertz CT molecular complexity index is 375. The Hall–Kier alpha value is -0.820. The third-order valence-corrected chi connectivity index (χ3v) is 4.66. The van der Waals surface area contributed by atoms with E-state index in [-0.39, 0.29) is 0 Å². The normalized spacial score (nSPS) is 18.3. The molecule has 0 heterocycles. The molecule has 1 N–H and O–H groups in total. The maximum absolute atomic E-state index is 3.81. The molecule has 0 spiro atoms. The van der Waals surface area contributed by atoms with Gasteiger partial charge in [0.2, 0.25) is 0 Å². The average Bonchev–Trinajstić information content (AvgIpc) is 3.21. The molecule has 0 radical (unpaired) electrons. The molecule has 1 nitrogen and oxygen atoms in total. The summed E-state index contributed by atoms with van der Waals surface area (Å²) in [6.45, 7) is 8.01. The molecule has 1 aliphatic carbocycles. The number of benzene rings is 1. The summed E-state index contributed by atoms with van der Waals surface area (Å²) in [5.74, 6) is 0. The molecule has 106 valence electrons. The monoisotopic (exact) mass is 259 g/mol. The summed E-state index contributed by atoms with van der Waals surface area (Å²) in [4.78, 5) is 0. The minimum Gasteiger partial charge on any atom is -0.309 e. The molecule has 19 heavy (non-hydrogen) atoms. The summed E-state index contributed by atoms with van der Waals surface area (Å²) in [6.07, 6.45) is 7.88. The van der Waals surface area contributed by atoms with Crippen LogP contribution < -0.4 is 5.32 Å². The molecule has 0 saturated heterocycles. The molecule has 1 fully saturated rings. The molecule has 1 atom stereocenters. The molecule has 1 aliphatic rings. The van der Waals surface area contributed by atoms with Crippen LogP contribution in [0.1, 0.15) is 70.0 Å². The van der Waals surface area contributed by atoms with Crippen molar-refractivity contribution in [2.75, 3.05) is 6.54 Å². The first-order chi connectivity index (χ1) is 9.23. The van der Waals surface area contributed by atoms with Crippen molar-refractivity contribution in [3.05, 3.63) is 35.4 Å². The van der Waals surface area contributed by atoms with Gasteiger partial charge in [-0.2, -0.15) is 0 Å². The highest BCUT2D eigenvalue weighted by atomic mass is 14.9. The number of nitrogens with one attached hydrogen (secondary N) is 1. The van der Waals surface area contributed by atoms with Gasteiger partial charge in [0.05, 0.1) is 0 Å². The van der Waals surface area contributed by atoms with E-state index in [0.29, 0.717) is 11.5 Å². The molecule has 2 rings (SSSR count). The van der Waals surface area contributed by atoms with E-state index in [0.717, 1.165) is 6.42 Å². The summed E-state index contributed by atoms with van der Waals surface area (Å²) in [6, 6.07) is 9.69. The predicted octanol–water partition coefficient (Wildman–Crippen LogP) is 4.87. The van der Waals surface area contributed by atoms with Crippen LogP contribution in [0.3, 0.4) is 0 Å². The maximum atomic E-state index is 3.81. The van der Waals surface area contributed by atoms with Crippen LogP contribution in [0.2, 0.25) is 0 Å². The Morgan fingerprint density at radius 2 is 1.79 bits per heavy atom. The predicted molar refractivity (Wildman–Crippen MR) is 83.4 cm³/mol. The third-order valence-electron chi connectivity index (χ3n) is 4.66. The van der Waals surface area contributed by atoms with Crippen LogP contribution in [-0.4, -0.2) is 6.54 Å². The summed E-state index contributed by atoms with van der Waals surface area (Å²) >= 11 is 0. The van der Waals surface area contributed by atoms with Gasteiger partial charge in [-0.3, -0.25) is 0 Å². The fourth-order valence-corrected chi connectivity index (χ4v) is 3.05. The van der Waals surface area contributed by atoms with E-state index in [1.54, 1.807) is 0 Å². The van der Waals surface area contributed by atoms with Crippen molar-refractivity contribution < 1.29 is 0 Å². The zero-order valence-corrected chi connectivity index (χ0v) is 12.8. The van der Waals surface area contributed by atoms with Crippen LogP contribution in [0.5, 0.6) is 0 Å². The zero-order valence-electron chi connectivity index (χ0n) is 12.8. The van der Waals surface area contributed by atoms with Gasteiger partial charge in [-0.15, -0.1) is 0 Å². The molecule has 0 aromatic heterocycles. The van der Waals surface area contributed by atoms with E-state index < -0.39 is 0 Å². The van der Waals surface area contributed by atoms with Gasteiger partial charge >= 0.3 is 0 Å². The lowest BCUT2D eigenvalue weighted by Gasteiger charge is -2.22. The smallest absolute Gasteiger partial charge is 0.0317 e. The van der Waals surface area contributed by atoms with Gasteiger partial charge < -0.3 is 5.32 Å². The highest BCUT2D eigenvalue weighted by molar-refractivity contribution is 5.25. The van der Waals surface area contributed by atoms with E-state index in [1.807, 2.05) is 0 Å². The van der Waals surface area contributed by atoms with Gasteiger partial charge in [0, 0.05) is 12.6 Å². The number of aryl methyl sites for hydroxylation is 1. The second-order valence-corrected chi connectivity index (χ2v) is 6.19. The van der Waals surface area contributed by atoms with Crippen LogP contribution in [0.15, 0.2) is 24.3 Å². The van der Waals surface area contributed by atoms with E-state index in [1.165, 1.54) is 49.8 Å².